The Kier molecular flexibility index (Phi) is 13.9. The van der Waals surface area contributed by atoms with Crippen LogP contribution in [0.25, 0.3) is 11.1 Å². The maximum atomic E-state index is 12.7. The number of likely N-dealkylation sites (tertiary alicyclic amines) is 1. The molecule has 1 saturated heterocycles. The summed E-state index contributed by atoms with van der Waals surface area (Å²) in [7, 11) is 0. The van der Waals surface area contributed by atoms with Gasteiger partial charge in [-0.25, -0.2) is 4.79 Å². The van der Waals surface area contributed by atoms with Gasteiger partial charge in [-0.1, -0.05) is 67.1 Å². The molecule has 2 amide bonds. The molecule has 1 aliphatic rings. The maximum absolute atomic E-state index is 12.7. The highest BCUT2D eigenvalue weighted by atomic mass is 16.6. The van der Waals surface area contributed by atoms with Gasteiger partial charge >= 0.3 is 12.1 Å². The molecule has 0 aliphatic carbocycles. The quantitative estimate of drug-likeness (QED) is 0.139. The molecule has 46 heavy (non-hydrogen) atoms. The molecule has 0 spiro atoms. The summed E-state index contributed by atoms with van der Waals surface area (Å²) in [6.07, 6.45) is 4.05. The normalized spacial score (nSPS) is 13.8. The summed E-state index contributed by atoms with van der Waals surface area (Å²) < 4.78 is 5.72. The Morgan fingerprint density at radius 2 is 1.57 bits per heavy atom. The van der Waals surface area contributed by atoms with Crippen molar-refractivity contribution in [2.75, 3.05) is 44.6 Å². The first-order valence-corrected chi connectivity index (χ1v) is 16.2. The van der Waals surface area contributed by atoms with E-state index in [1.807, 2.05) is 66.7 Å². The first kappa shape index (κ1) is 34.5. The van der Waals surface area contributed by atoms with Crippen molar-refractivity contribution in [1.29, 1.82) is 0 Å². The number of hydrogen-bond acceptors (Lipinski definition) is 7. The van der Waals surface area contributed by atoms with E-state index in [1.54, 1.807) is 12.1 Å². The van der Waals surface area contributed by atoms with Crippen LogP contribution in [0.1, 0.15) is 50.5 Å². The molecule has 10 nitrogen and oxygen atoms in total. The van der Waals surface area contributed by atoms with Crippen molar-refractivity contribution in [2.24, 2.45) is 0 Å². The molecule has 0 radical (unpaired) electrons. The summed E-state index contributed by atoms with van der Waals surface area (Å²) in [6.45, 7) is 4.69. The van der Waals surface area contributed by atoms with E-state index in [1.165, 1.54) is 0 Å². The summed E-state index contributed by atoms with van der Waals surface area (Å²) in [5.74, 6) is -0.578. The van der Waals surface area contributed by atoms with E-state index in [9.17, 15) is 19.5 Å². The zero-order valence-corrected chi connectivity index (χ0v) is 26.4. The topological polar surface area (TPSA) is 131 Å². The number of carboxylic acids is 1. The number of phenolic OH excluding ortho intramolecular Hbond substituents is 1. The molecule has 0 unspecified atom stereocenters. The highest BCUT2D eigenvalue weighted by Crippen LogP contribution is 2.28. The number of para-hydroxylation sites is 1. The molecule has 4 rings (SSSR count). The first-order valence-electron chi connectivity index (χ1n) is 16.2. The lowest BCUT2D eigenvalue weighted by Crippen LogP contribution is -2.40. The number of anilines is 1. The number of carbonyl (C=O) groups is 3. The number of hydrogen-bond donors (Lipinski definition) is 4. The minimum absolute atomic E-state index is 0.0326. The van der Waals surface area contributed by atoms with Crippen LogP contribution in [-0.4, -0.2) is 83.4 Å². The van der Waals surface area contributed by atoms with E-state index in [0.29, 0.717) is 38.3 Å². The number of aromatic hydroxyl groups is 1. The second kappa shape index (κ2) is 18.5. The Bertz CT molecular complexity index is 1380. The Balaban J connectivity index is 1.06. The van der Waals surface area contributed by atoms with E-state index >= 15 is 0 Å². The standard InChI is InChI=1S/C36H46N4O6/c41-30-15-13-28(14-16-30)27-40(26-20-35(43)44)22-8-2-7-21-37-34(42)19-25-39-23-17-31(18-24-39)46-36(45)38-33-12-6-5-11-32(33)29-9-3-1-4-10-29/h1,3-6,9-16,31,41H,2,7-8,17-27H2,(H,37,42)(H,38,45)(H,43,44). The van der Waals surface area contributed by atoms with Crippen LogP contribution in [0.5, 0.6) is 5.75 Å². The maximum Gasteiger partial charge on any atom is 0.411 e. The van der Waals surface area contributed by atoms with Crippen molar-refractivity contribution >= 4 is 23.7 Å². The van der Waals surface area contributed by atoms with Gasteiger partial charge in [-0.3, -0.25) is 19.8 Å². The fraction of sp³-hybridized carbons (Fsp3) is 0.417. The third-order valence-corrected chi connectivity index (χ3v) is 8.17. The molecule has 0 atom stereocenters. The molecule has 1 fully saturated rings. The number of benzene rings is 3. The van der Waals surface area contributed by atoms with E-state index < -0.39 is 12.1 Å². The van der Waals surface area contributed by atoms with Crippen molar-refractivity contribution in [3.8, 4) is 16.9 Å². The van der Waals surface area contributed by atoms with Gasteiger partial charge in [-0.15, -0.1) is 0 Å². The predicted molar refractivity (Wildman–Crippen MR) is 179 cm³/mol. The largest absolute Gasteiger partial charge is 0.508 e. The average molecular weight is 631 g/mol. The van der Waals surface area contributed by atoms with Crippen molar-refractivity contribution in [3.63, 3.8) is 0 Å². The summed E-state index contributed by atoms with van der Waals surface area (Å²) in [5.41, 5.74) is 3.70. The number of amides is 2. The lowest BCUT2D eigenvalue weighted by Gasteiger charge is -2.31. The number of nitrogens with zero attached hydrogens (tertiary/aromatic N) is 2. The molecule has 0 aromatic heterocycles. The smallest absolute Gasteiger partial charge is 0.411 e. The van der Waals surface area contributed by atoms with Crippen molar-refractivity contribution in [2.45, 2.75) is 57.6 Å². The van der Waals surface area contributed by atoms with Gasteiger partial charge in [0, 0.05) is 51.3 Å². The van der Waals surface area contributed by atoms with Gasteiger partial charge in [0.25, 0.3) is 0 Å². The van der Waals surface area contributed by atoms with Crippen LogP contribution in [-0.2, 0) is 20.9 Å². The Morgan fingerprint density at radius 1 is 0.848 bits per heavy atom. The molecule has 3 aromatic rings. The van der Waals surface area contributed by atoms with Crippen LogP contribution in [0.3, 0.4) is 0 Å². The number of rotatable bonds is 17. The molecule has 246 valence electrons. The fourth-order valence-electron chi connectivity index (χ4n) is 5.60. The molecule has 0 bridgehead atoms. The van der Waals surface area contributed by atoms with Gasteiger partial charge in [0.2, 0.25) is 5.91 Å². The van der Waals surface area contributed by atoms with Crippen molar-refractivity contribution in [1.82, 2.24) is 15.1 Å². The van der Waals surface area contributed by atoms with Crippen LogP contribution in [0.4, 0.5) is 10.5 Å². The highest BCUT2D eigenvalue weighted by molar-refractivity contribution is 5.91. The lowest BCUT2D eigenvalue weighted by atomic mass is 10.0. The van der Waals surface area contributed by atoms with Gasteiger partial charge < -0.3 is 25.2 Å². The van der Waals surface area contributed by atoms with Crippen LogP contribution < -0.4 is 10.6 Å². The van der Waals surface area contributed by atoms with Crippen molar-refractivity contribution < 1.29 is 29.3 Å². The van der Waals surface area contributed by atoms with Gasteiger partial charge in [-0.2, -0.15) is 0 Å². The van der Waals surface area contributed by atoms with E-state index in [-0.39, 0.29) is 24.2 Å². The molecule has 3 aromatic carbocycles. The van der Waals surface area contributed by atoms with Crippen LogP contribution in [0.15, 0.2) is 78.9 Å². The zero-order valence-electron chi connectivity index (χ0n) is 26.4. The van der Waals surface area contributed by atoms with Gasteiger partial charge in [0.1, 0.15) is 11.9 Å². The average Bonchev–Trinajstić information content (AvgIpc) is 3.06. The van der Waals surface area contributed by atoms with E-state index in [4.69, 9.17) is 9.84 Å². The van der Waals surface area contributed by atoms with Crippen LogP contribution in [0.2, 0.25) is 0 Å². The van der Waals surface area contributed by atoms with Crippen molar-refractivity contribution in [3.05, 3.63) is 84.4 Å². The second-order valence-corrected chi connectivity index (χ2v) is 11.7. The Labute approximate surface area is 271 Å². The third-order valence-electron chi connectivity index (χ3n) is 8.17. The van der Waals surface area contributed by atoms with Crippen LogP contribution >= 0.6 is 0 Å². The van der Waals surface area contributed by atoms with E-state index in [2.05, 4.69) is 20.4 Å². The zero-order chi connectivity index (χ0) is 32.6. The number of carboxylic acid groups (broad SMARTS) is 1. The number of nitrogens with one attached hydrogen (secondary N) is 2. The number of ether oxygens (including phenoxy) is 1. The molecule has 0 saturated carbocycles. The number of carbonyl (C=O) groups excluding carboxylic acids is 2. The SMILES string of the molecule is O=C(O)CCN(CCCCCNC(=O)CCN1CCC(OC(=O)Nc2ccccc2-c2ccccc2)CC1)Cc1ccc(O)cc1. The highest BCUT2D eigenvalue weighted by Gasteiger charge is 2.23. The van der Waals surface area contributed by atoms with E-state index in [0.717, 1.165) is 68.4 Å². The Morgan fingerprint density at radius 3 is 2.30 bits per heavy atom. The predicted octanol–water partition coefficient (Wildman–Crippen LogP) is 5.73. The molecule has 1 heterocycles. The van der Waals surface area contributed by atoms with Gasteiger partial charge in [-0.05, 0) is 61.6 Å². The minimum atomic E-state index is -0.819. The number of aliphatic carboxylic acids is 1. The lowest BCUT2D eigenvalue weighted by molar-refractivity contribution is -0.137. The molecule has 10 heteroatoms. The second-order valence-electron chi connectivity index (χ2n) is 11.7. The molecular formula is C36H46N4O6. The molecular weight excluding hydrogens is 584 g/mol. The number of piperidine rings is 1. The summed E-state index contributed by atoms with van der Waals surface area (Å²) >= 11 is 0. The molecule has 4 N–H and O–H groups in total. The van der Waals surface area contributed by atoms with Gasteiger partial charge in [0.05, 0.1) is 12.1 Å². The van der Waals surface area contributed by atoms with Gasteiger partial charge in [0.15, 0.2) is 0 Å². The monoisotopic (exact) mass is 630 g/mol. The summed E-state index contributed by atoms with van der Waals surface area (Å²) in [6, 6.07) is 24.6. The van der Waals surface area contributed by atoms with Crippen LogP contribution in [0, 0.1) is 0 Å². The first-order chi connectivity index (χ1) is 22.4. The summed E-state index contributed by atoms with van der Waals surface area (Å²) in [4.78, 5) is 40.5. The number of unbranched alkanes of at least 4 members (excludes halogenated alkanes) is 2. The fourth-order valence-corrected chi connectivity index (χ4v) is 5.60. The molecule has 1 aliphatic heterocycles. The Hall–Kier alpha value is -4.41. The minimum Gasteiger partial charge on any atom is -0.508 e. The number of phenols is 1. The third kappa shape index (κ3) is 12.2. The summed E-state index contributed by atoms with van der Waals surface area (Å²) in [5, 5.41) is 24.5.